The molecule has 0 radical (unpaired) electrons. The molecule has 42 heavy (non-hydrogen) atoms. The lowest BCUT2D eigenvalue weighted by Crippen LogP contribution is -2.24. The maximum atomic E-state index is 11.6. The Kier molecular flexibility index (Phi) is 9.94. The summed E-state index contributed by atoms with van der Waals surface area (Å²) in [7, 11) is 0. The van der Waals surface area contributed by atoms with Crippen molar-refractivity contribution in [3.05, 3.63) is 132 Å². The minimum absolute atomic E-state index is 0.146. The second-order valence-corrected chi connectivity index (χ2v) is 10.4. The third kappa shape index (κ3) is 7.40. The van der Waals surface area contributed by atoms with Gasteiger partial charge in [0.25, 0.3) is 0 Å². The van der Waals surface area contributed by atoms with E-state index in [9.17, 15) is 4.79 Å². The number of esters is 1. The fraction of sp³-hybridized carbons (Fsp3) is 0.222. The Balaban J connectivity index is 1.55. The number of nitrogens with two attached hydrogens (primary N) is 1. The third-order valence-corrected chi connectivity index (χ3v) is 7.24. The number of unbranched alkanes of at least 4 members (excludes halogenated alkanes) is 1. The zero-order valence-electron chi connectivity index (χ0n) is 24.2. The minimum Gasteiger partial charge on any atom is -0.426 e. The maximum absolute atomic E-state index is 11.6. The van der Waals surface area contributed by atoms with E-state index in [0.717, 1.165) is 54.1 Å². The molecule has 6 nitrogen and oxygen atoms in total. The van der Waals surface area contributed by atoms with Gasteiger partial charge in [-0.2, -0.15) is 0 Å². The first-order valence-electron chi connectivity index (χ1n) is 14.6. The van der Waals surface area contributed by atoms with Gasteiger partial charge in [-0.05, 0) is 29.7 Å². The van der Waals surface area contributed by atoms with Crippen molar-refractivity contribution in [2.75, 3.05) is 6.54 Å². The number of nitrogens with zero attached hydrogens (tertiary/aromatic N) is 3. The van der Waals surface area contributed by atoms with Crippen LogP contribution in [0.3, 0.4) is 0 Å². The summed E-state index contributed by atoms with van der Waals surface area (Å²) in [5, 5.41) is 0. The van der Waals surface area contributed by atoms with Gasteiger partial charge in [0.2, 0.25) is 0 Å². The van der Waals surface area contributed by atoms with Crippen LogP contribution in [0.5, 0.6) is 5.75 Å². The van der Waals surface area contributed by atoms with Crippen molar-refractivity contribution in [2.45, 2.75) is 45.9 Å². The van der Waals surface area contributed by atoms with Crippen LogP contribution in [0.15, 0.2) is 115 Å². The first-order chi connectivity index (χ1) is 20.6. The van der Waals surface area contributed by atoms with E-state index < -0.39 is 5.97 Å². The Hall–Kier alpha value is -4.52. The van der Waals surface area contributed by atoms with Gasteiger partial charge >= 0.3 is 5.97 Å². The lowest BCUT2D eigenvalue weighted by Gasteiger charge is -2.25. The summed E-state index contributed by atoms with van der Waals surface area (Å²) >= 11 is 0. The Morgan fingerprint density at radius 3 is 1.93 bits per heavy atom. The van der Waals surface area contributed by atoms with Crippen molar-refractivity contribution in [2.24, 2.45) is 5.73 Å². The lowest BCUT2D eigenvalue weighted by atomic mass is 10.1. The van der Waals surface area contributed by atoms with Gasteiger partial charge < -0.3 is 15.0 Å². The molecule has 214 valence electrons. The molecular weight excluding hydrogens is 520 g/mol. The quantitative estimate of drug-likeness (QED) is 0.123. The highest BCUT2D eigenvalue weighted by molar-refractivity contribution is 5.74. The Morgan fingerprint density at radius 2 is 1.33 bits per heavy atom. The molecule has 5 aromatic rings. The summed E-state index contributed by atoms with van der Waals surface area (Å²) in [6.45, 7) is 5.19. The average Bonchev–Trinajstić information content (AvgIpc) is 3.39. The largest absolute Gasteiger partial charge is 0.426 e. The highest BCUT2D eigenvalue weighted by Crippen LogP contribution is 2.32. The highest BCUT2D eigenvalue weighted by atomic mass is 16.5. The van der Waals surface area contributed by atoms with Crippen LogP contribution in [0.25, 0.3) is 22.6 Å². The van der Waals surface area contributed by atoms with E-state index >= 15 is 0 Å². The van der Waals surface area contributed by atoms with E-state index in [1.54, 1.807) is 0 Å². The number of hydrogen-bond acceptors (Lipinski definition) is 5. The molecule has 2 N–H and O–H groups in total. The Bertz CT molecular complexity index is 1550. The van der Waals surface area contributed by atoms with E-state index in [1.807, 2.05) is 36.4 Å². The van der Waals surface area contributed by atoms with Gasteiger partial charge in [0.1, 0.15) is 11.6 Å². The molecule has 6 heteroatoms. The second kappa shape index (κ2) is 14.4. The highest BCUT2D eigenvalue weighted by Gasteiger charge is 2.22. The number of imidazole rings is 1. The molecule has 0 atom stereocenters. The number of rotatable bonds is 13. The van der Waals surface area contributed by atoms with E-state index in [1.165, 1.54) is 11.3 Å². The first-order valence-corrected chi connectivity index (χ1v) is 14.6. The van der Waals surface area contributed by atoms with Crippen LogP contribution in [0.2, 0.25) is 0 Å². The number of carbonyl (C=O) groups is 1. The molecule has 0 aliphatic carbocycles. The molecule has 5 rings (SSSR count). The van der Waals surface area contributed by atoms with Crippen LogP contribution in [0.4, 0.5) is 0 Å². The number of aromatic nitrogens is 2. The van der Waals surface area contributed by atoms with Crippen molar-refractivity contribution in [1.82, 2.24) is 14.5 Å². The van der Waals surface area contributed by atoms with Crippen LogP contribution < -0.4 is 10.5 Å². The fourth-order valence-corrected chi connectivity index (χ4v) is 5.15. The summed E-state index contributed by atoms with van der Waals surface area (Å²) in [6.07, 6.45) is 2.17. The molecule has 0 fully saturated rings. The first kappa shape index (κ1) is 29.0. The van der Waals surface area contributed by atoms with Crippen LogP contribution in [0, 0.1) is 0 Å². The van der Waals surface area contributed by atoms with Crippen molar-refractivity contribution >= 4 is 5.97 Å². The van der Waals surface area contributed by atoms with Gasteiger partial charge in [-0.15, -0.1) is 0 Å². The standard InChI is InChI=1S/C36H38N4O2/c1-2-3-23-40-33(35(30-15-9-5-10-16-30)38-36(40)31-17-11-6-12-18-31)27-39(25-28-13-7-4-8-14-28)26-29-19-21-32(22-20-29)42-34(41)24-37/h4-22H,2-3,23-27,37H2,1H3. The molecule has 0 saturated heterocycles. The monoisotopic (exact) mass is 558 g/mol. The van der Waals surface area contributed by atoms with E-state index in [0.29, 0.717) is 18.8 Å². The Labute approximate surface area is 248 Å². The summed E-state index contributed by atoms with van der Waals surface area (Å²) in [4.78, 5) is 19.4. The molecule has 0 unspecified atom stereocenters. The van der Waals surface area contributed by atoms with Gasteiger partial charge in [0.05, 0.1) is 17.9 Å². The lowest BCUT2D eigenvalue weighted by molar-refractivity contribution is -0.132. The van der Waals surface area contributed by atoms with Crippen LogP contribution in [-0.4, -0.2) is 27.0 Å². The molecular formula is C36H38N4O2. The maximum Gasteiger partial charge on any atom is 0.325 e. The topological polar surface area (TPSA) is 73.4 Å². The molecule has 0 aliphatic heterocycles. The van der Waals surface area contributed by atoms with E-state index in [2.05, 4.69) is 95.3 Å². The van der Waals surface area contributed by atoms with E-state index in [4.69, 9.17) is 15.5 Å². The SMILES string of the molecule is CCCCn1c(-c2ccccc2)nc(-c2ccccc2)c1CN(Cc1ccccc1)Cc1ccc(OC(=O)CN)cc1. The number of carbonyl (C=O) groups excluding carboxylic acids is 1. The summed E-state index contributed by atoms with van der Waals surface area (Å²) < 4.78 is 7.71. The van der Waals surface area contributed by atoms with Crippen molar-refractivity contribution < 1.29 is 9.53 Å². The van der Waals surface area contributed by atoms with Gasteiger partial charge in [-0.3, -0.25) is 9.69 Å². The summed E-state index contributed by atoms with van der Waals surface area (Å²) in [5.74, 6) is 1.06. The fourth-order valence-electron chi connectivity index (χ4n) is 5.15. The predicted octanol–water partition coefficient (Wildman–Crippen LogP) is 7.08. The molecule has 0 aliphatic rings. The van der Waals surface area contributed by atoms with Crippen molar-refractivity contribution in [3.8, 4) is 28.4 Å². The molecule has 0 saturated carbocycles. The average molecular weight is 559 g/mol. The van der Waals surface area contributed by atoms with Crippen molar-refractivity contribution in [3.63, 3.8) is 0 Å². The van der Waals surface area contributed by atoms with Crippen LogP contribution in [0.1, 0.15) is 36.6 Å². The number of benzene rings is 4. The van der Waals surface area contributed by atoms with Gasteiger partial charge in [0.15, 0.2) is 0 Å². The molecule has 4 aromatic carbocycles. The molecule has 1 aromatic heterocycles. The normalized spacial score (nSPS) is 11.1. The summed E-state index contributed by atoms with van der Waals surface area (Å²) in [5.41, 5.74) is 12.2. The number of hydrogen-bond donors (Lipinski definition) is 1. The van der Waals surface area contributed by atoms with Crippen LogP contribution >= 0.6 is 0 Å². The van der Waals surface area contributed by atoms with Crippen LogP contribution in [-0.2, 0) is 31.0 Å². The van der Waals surface area contributed by atoms with Gasteiger partial charge in [-0.25, -0.2) is 4.98 Å². The molecule has 0 spiro atoms. The van der Waals surface area contributed by atoms with Gasteiger partial charge in [-0.1, -0.05) is 116 Å². The van der Waals surface area contributed by atoms with Gasteiger partial charge in [0, 0.05) is 37.3 Å². The zero-order chi connectivity index (χ0) is 29.1. The predicted molar refractivity (Wildman–Crippen MR) is 169 cm³/mol. The van der Waals surface area contributed by atoms with E-state index in [-0.39, 0.29) is 6.54 Å². The molecule has 1 heterocycles. The number of ether oxygens (including phenoxy) is 1. The minimum atomic E-state index is -0.448. The molecule has 0 bridgehead atoms. The summed E-state index contributed by atoms with van der Waals surface area (Å²) in [6, 6.07) is 39.2. The molecule has 0 amide bonds. The second-order valence-electron chi connectivity index (χ2n) is 10.4. The zero-order valence-corrected chi connectivity index (χ0v) is 24.2. The Morgan fingerprint density at radius 1 is 0.762 bits per heavy atom. The third-order valence-electron chi connectivity index (χ3n) is 7.24. The smallest absolute Gasteiger partial charge is 0.325 e. The van der Waals surface area contributed by atoms with Crippen molar-refractivity contribution in [1.29, 1.82) is 0 Å².